The SMILES string of the molecule is C[C@@H](CO)NS(=O)(=O)c1ccc2c(c1)CC(=O)N2C. The van der Waals surface area contributed by atoms with Crippen LogP contribution in [0.15, 0.2) is 23.1 Å². The average molecular weight is 284 g/mol. The topological polar surface area (TPSA) is 86.7 Å². The summed E-state index contributed by atoms with van der Waals surface area (Å²) in [7, 11) is -2.01. The maximum atomic E-state index is 12.0. The third-order valence-electron chi connectivity index (χ3n) is 3.07. The molecule has 7 heteroatoms. The van der Waals surface area contributed by atoms with Crippen LogP contribution in [0.25, 0.3) is 0 Å². The van der Waals surface area contributed by atoms with Crippen molar-refractivity contribution < 1.29 is 18.3 Å². The third kappa shape index (κ3) is 2.63. The fraction of sp³-hybridized carbons (Fsp3) is 0.417. The van der Waals surface area contributed by atoms with Gasteiger partial charge in [-0.2, -0.15) is 0 Å². The Bertz CT molecular complexity index is 612. The molecule has 0 bridgehead atoms. The van der Waals surface area contributed by atoms with E-state index < -0.39 is 16.1 Å². The van der Waals surface area contributed by atoms with Gasteiger partial charge in [-0.15, -0.1) is 0 Å². The number of amides is 1. The van der Waals surface area contributed by atoms with E-state index in [1.807, 2.05) is 0 Å². The first-order chi connectivity index (χ1) is 8.85. The number of hydrogen-bond acceptors (Lipinski definition) is 4. The number of anilines is 1. The van der Waals surface area contributed by atoms with Gasteiger partial charge in [-0.1, -0.05) is 0 Å². The molecular weight excluding hydrogens is 268 g/mol. The van der Waals surface area contributed by atoms with Gasteiger partial charge >= 0.3 is 0 Å². The minimum atomic E-state index is -3.67. The number of benzene rings is 1. The Kier molecular flexibility index (Phi) is 3.62. The summed E-state index contributed by atoms with van der Waals surface area (Å²) in [5.41, 5.74) is 1.44. The van der Waals surface area contributed by atoms with Crippen LogP contribution >= 0.6 is 0 Å². The Morgan fingerprint density at radius 3 is 2.79 bits per heavy atom. The highest BCUT2D eigenvalue weighted by molar-refractivity contribution is 7.89. The van der Waals surface area contributed by atoms with Crippen molar-refractivity contribution in [1.29, 1.82) is 0 Å². The highest BCUT2D eigenvalue weighted by atomic mass is 32.2. The molecule has 1 aliphatic heterocycles. The first kappa shape index (κ1) is 14.0. The molecule has 0 spiro atoms. The highest BCUT2D eigenvalue weighted by Crippen LogP contribution is 2.29. The summed E-state index contributed by atoms with van der Waals surface area (Å²) in [4.78, 5) is 13.2. The van der Waals surface area contributed by atoms with Gasteiger partial charge in [-0.3, -0.25) is 4.79 Å². The second-order valence-electron chi connectivity index (χ2n) is 4.62. The average Bonchev–Trinajstić information content (AvgIpc) is 2.64. The molecule has 6 nitrogen and oxygen atoms in total. The lowest BCUT2D eigenvalue weighted by atomic mass is 10.2. The molecule has 1 atom stereocenters. The van der Waals surface area contributed by atoms with Crippen molar-refractivity contribution in [3.05, 3.63) is 23.8 Å². The standard InChI is InChI=1S/C12H16N2O4S/c1-8(7-15)13-19(17,18)10-3-4-11-9(5-10)6-12(16)14(11)2/h3-5,8,13,15H,6-7H2,1-2H3/t8-/m0/s1. The molecule has 1 amide bonds. The first-order valence-corrected chi connectivity index (χ1v) is 7.36. The van der Waals surface area contributed by atoms with Crippen molar-refractivity contribution in [2.45, 2.75) is 24.3 Å². The van der Waals surface area contributed by atoms with Crippen molar-refractivity contribution in [2.75, 3.05) is 18.6 Å². The van der Waals surface area contributed by atoms with Gasteiger partial charge in [0.25, 0.3) is 0 Å². The number of aliphatic hydroxyl groups excluding tert-OH is 1. The lowest BCUT2D eigenvalue weighted by Crippen LogP contribution is -2.35. The van der Waals surface area contributed by atoms with Gasteiger partial charge in [0, 0.05) is 18.8 Å². The van der Waals surface area contributed by atoms with Gasteiger partial charge in [0.15, 0.2) is 0 Å². The van der Waals surface area contributed by atoms with Crippen LogP contribution in [-0.4, -0.2) is 39.1 Å². The van der Waals surface area contributed by atoms with Crippen LogP contribution < -0.4 is 9.62 Å². The molecule has 0 aliphatic carbocycles. The van der Waals surface area contributed by atoms with Crippen LogP contribution in [0.4, 0.5) is 5.69 Å². The maximum Gasteiger partial charge on any atom is 0.240 e. The Morgan fingerprint density at radius 2 is 2.16 bits per heavy atom. The van der Waals surface area contributed by atoms with Gasteiger partial charge in [-0.05, 0) is 30.7 Å². The smallest absolute Gasteiger partial charge is 0.240 e. The molecule has 19 heavy (non-hydrogen) atoms. The van der Waals surface area contributed by atoms with E-state index in [2.05, 4.69) is 4.72 Å². The summed E-state index contributed by atoms with van der Waals surface area (Å²) < 4.78 is 26.4. The summed E-state index contributed by atoms with van der Waals surface area (Å²) in [5, 5.41) is 8.89. The van der Waals surface area contributed by atoms with Crippen LogP contribution in [0.1, 0.15) is 12.5 Å². The number of fused-ring (bicyclic) bond motifs is 1. The zero-order valence-electron chi connectivity index (χ0n) is 10.8. The fourth-order valence-corrected chi connectivity index (χ4v) is 3.27. The summed E-state index contributed by atoms with van der Waals surface area (Å²) in [5.74, 6) is -0.0544. The molecule has 1 heterocycles. The van der Waals surface area contributed by atoms with E-state index in [0.29, 0.717) is 5.56 Å². The Labute approximate surface area is 112 Å². The van der Waals surface area contributed by atoms with Crippen molar-refractivity contribution in [2.24, 2.45) is 0 Å². The molecule has 1 aliphatic rings. The minimum Gasteiger partial charge on any atom is -0.395 e. The van der Waals surface area contributed by atoms with Crippen LogP contribution in [0.2, 0.25) is 0 Å². The molecule has 0 saturated carbocycles. The maximum absolute atomic E-state index is 12.0. The molecule has 1 aromatic rings. The predicted molar refractivity (Wildman–Crippen MR) is 70.4 cm³/mol. The van der Waals surface area contributed by atoms with Crippen LogP contribution in [-0.2, 0) is 21.2 Å². The molecule has 1 aromatic carbocycles. The molecule has 2 rings (SSSR count). The normalized spacial score (nSPS) is 16.6. The Hall–Kier alpha value is -1.44. The number of aliphatic hydroxyl groups is 1. The second-order valence-corrected chi connectivity index (χ2v) is 6.34. The number of hydrogen-bond donors (Lipinski definition) is 2. The Balaban J connectivity index is 2.34. The third-order valence-corrected chi connectivity index (χ3v) is 4.66. The quantitative estimate of drug-likeness (QED) is 0.806. The van der Waals surface area contributed by atoms with Gasteiger partial charge in [0.05, 0.1) is 17.9 Å². The van der Waals surface area contributed by atoms with E-state index in [0.717, 1.165) is 5.69 Å². The summed E-state index contributed by atoms with van der Waals surface area (Å²) in [6.07, 6.45) is 0.213. The number of sulfonamides is 1. The van der Waals surface area contributed by atoms with E-state index in [4.69, 9.17) is 5.11 Å². The number of rotatable bonds is 4. The zero-order valence-corrected chi connectivity index (χ0v) is 11.6. The number of likely N-dealkylation sites (N-methyl/N-ethyl adjacent to an activating group) is 1. The monoisotopic (exact) mass is 284 g/mol. The molecule has 2 N–H and O–H groups in total. The van der Waals surface area contributed by atoms with E-state index in [9.17, 15) is 13.2 Å². The molecule has 0 radical (unpaired) electrons. The lowest BCUT2D eigenvalue weighted by molar-refractivity contribution is -0.117. The lowest BCUT2D eigenvalue weighted by Gasteiger charge is -2.13. The molecule has 0 fully saturated rings. The van der Waals surface area contributed by atoms with E-state index >= 15 is 0 Å². The van der Waals surface area contributed by atoms with Crippen molar-refractivity contribution in [1.82, 2.24) is 4.72 Å². The van der Waals surface area contributed by atoms with Crippen molar-refractivity contribution in [3.8, 4) is 0 Å². The largest absolute Gasteiger partial charge is 0.395 e. The number of carbonyl (C=O) groups is 1. The minimum absolute atomic E-state index is 0.0544. The second kappa shape index (κ2) is 4.92. The number of nitrogens with one attached hydrogen (secondary N) is 1. The fourth-order valence-electron chi connectivity index (χ4n) is 1.98. The molecule has 0 saturated heterocycles. The predicted octanol–water partition coefficient (Wildman–Crippen LogP) is -0.135. The molecule has 0 unspecified atom stereocenters. The van der Waals surface area contributed by atoms with Crippen LogP contribution in [0.3, 0.4) is 0 Å². The zero-order chi connectivity index (χ0) is 14.2. The van der Waals surface area contributed by atoms with E-state index in [-0.39, 0.29) is 23.8 Å². The molecule has 104 valence electrons. The van der Waals surface area contributed by atoms with E-state index in [1.54, 1.807) is 20.0 Å². The van der Waals surface area contributed by atoms with Crippen LogP contribution in [0.5, 0.6) is 0 Å². The van der Waals surface area contributed by atoms with E-state index in [1.165, 1.54) is 17.0 Å². The summed E-state index contributed by atoms with van der Waals surface area (Å²) in [6.45, 7) is 1.30. The number of carbonyl (C=O) groups excluding carboxylic acids is 1. The first-order valence-electron chi connectivity index (χ1n) is 5.88. The van der Waals surface area contributed by atoms with Gasteiger partial charge in [0.2, 0.25) is 15.9 Å². The number of nitrogens with zero attached hydrogens (tertiary/aromatic N) is 1. The van der Waals surface area contributed by atoms with Gasteiger partial charge in [-0.25, -0.2) is 13.1 Å². The summed E-state index contributed by atoms with van der Waals surface area (Å²) >= 11 is 0. The van der Waals surface area contributed by atoms with Crippen LogP contribution in [0, 0.1) is 0 Å². The van der Waals surface area contributed by atoms with Crippen molar-refractivity contribution >= 4 is 21.6 Å². The summed E-state index contributed by atoms with van der Waals surface area (Å²) in [6, 6.07) is 4.03. The van der Waals surface area contributed by atoms with Gasteiger partial charge < -0.3 is 10.0 Å². The van der Waals surface area contributed by atoms with Gasteiger partial charge in [0.1, 0.15) is 0 Å². The molecular formula is C12H16N2O4S. The molecule has 0 aromatic heterocycles. The highest BCUT2D eigenvalue weighted by Gasteiger charge is 2.26. The Morgan fingerprint density at radius 1 is 1.47 bits per heavy atom. The van der Waals surface area contributed by atoms with Crippen molar-refractivity contribution in [3.63, 3.8) is 0 Å².